The molecule has 6 nitrogen and oxygen atoms in total. The number of carboxylic acid groups (broad SMARTS) is 1. The fraction of sp³-hybridized carbons (Fsp3) is 0.500. The minimum Gasteiger partial charge on any atom is -0.490 e. The second-order valence-corrected chi connectivity index (χ2v) is 7.56. The summed E-state index contributed by atoms with van der Waals surface area (Å²) in [6.45, 7) is 0. The maximum atomic E-state index is 11.5. The van der Waals surface area contributed by atoms with Crippen LogP contribution in [-0.4, -0.2) is 37.4 Å². The van der Waals surface area contributed by atoms with Crippen molar-refractivity contribution >= 4 is 15.8 Å². The lowest BCUT2D eigenvalue weighted by Gasteiger charge is -2.34. The SMILES string of the molecule is CS(=O)(=O)c1cccc(OC2CCCC(N)(C(=O)O)C2)c1. The highest BCUT2D eigenvalue weighted by atomic mass is 32.2. The predicted octanol–water partition coefficient (Wildman–Crippen LogP) is 1.19. The Morgan fingerprint density at radius 3 is 2.81 bits per heavy atom. The molecule has 7 heteroatoms. The summed E-state index contributed by atoms with van der Waals surface area (Å²) in [5.74, 6) is -0.613. The lowest BCUT2D eigenvalue weighted by atomic mass is 9.81. The smallest absolute Gasteiger partial charge is 0.323 e. The molecule has 1 aromatic carbocycles. The van der Waals surface area contributed by atoms with Gasteiger partial charge in [0.1, 0.15) is 17.4 Å². The molecule has 0 bridgehead atoms. The molecule has 0 amide bonds. The summed E-state index contributed by atoms with van der Waals surface area (Å²) in [6.07, 6.45) is 2.81. The minimum atomic E-state index is -3.30. The minimum absolute atomic E-state index is 0.174. The first-order chi connectivity index (χ1) is 9.71. The van der Waals surface area contributed by atoms with Gasteiger partial charge in [-0.05, 0) is 37.5 Å². The van der Waals surface area contributed by atoms with E-state index < -0.39 is 21.3 Å². The summed E-state index contributed by atoms with van der Waals surface area (Å²) in [4.78, 5) is 11.4. The van der Waals surface area contributed by atoms with E-state index in [1.54, 1.807) is 12.1 Å². The lowest BCUT2D eigenvalue weighted by molar-refractivity contribution is -0.145. The molecule has 1 aliphatic carbocycles. The van der Waals surface area contributed by atoms with Crippen molar-refractivity contribution in [3.8, 4) is 5.75 Å². The average Bonchev–Trinajstić information content (AvgIpc) is 2.38. The first-order valence-electron chi connectivity index (χ1n) is 6.70. The van der Waals surface area contributed by atoms with E-state index in [2.05, 4.69) is 0 Å². The van der Waals surface area contributed by atoms with Crippen LogP contribution in [0.2, 0.25) is 0 Å². The Bertz CT molecular complexity index is 643. The zero-order valence-corrected chi connectivity index (χ0v) is 12.6. The number of ether oxygens (including phenoxy) is 1. The summed E-state index contributed by atoms with van der Waals surface area (Å²) in [5, 5.41) is 9.17. The normalized spacial score (nSPS) is 26.3. The Morgan fingerprint density at radius 1 is 1.48 bits per heavy atom. The van der Waals surface area contributed by atoms with Gasteiger partial charge in [-0.2, -0.15) is 0 Å². The van der Waals surface area contributed by atoms with Gasteiger partial charge in [-0.25, -0.2) is 8.42 Å². The summed E-state index contributed by atoms with van der Waals surface area (Å²) in [6, 6.07) is 6.19. The van der Waals surface area contributed by atoms with Crippen molar-refractivity contribution in [1.82, 2.24) is 0 Å². The quantitative estimate of drug-likeness (QED) is 0.865. The van der Waals surface area contributed by atoms with Gasteiger partial charge in [0, 0.05) is 12.7 Å². The molecule has 21 heavy (non-hydrogen) atoms. The molecule has 2 unspecified atom stereocenters. The lowest BCUT2D eigenvalue weighted by Crippen LogP contribution is -2.53. The van der Waals surface area contributed by atoms with Crippen molar-refractivity contribution in [2.75, 3.05) is 6.26 Å². The van der Waals surface area contributed by atoms with Crippen LogP contribution in [0.5, 0.6) is 5.75 Å². The first-order valence-corrected chi connectivity index (χ1v) is 8.59. The molecule has 0 aliphatic heterocycles. The number of carboxylic acids is 1. The largest absolute Gasteiger partial charge is 0.490 e. The number of rotatable bonds is 4. The molecule has 0 saturated heterocycles. The monoisotopic (exact) mass is 313 g/mol. The van der Waals surface area contributed by atoms with Crippen molar-refractivity contribution in [1.29, 1.82) is 0 Å². The van der Waals surface area contributed by atoms with Crippen LogP contribution in [0.4, 0.5) is 0 Å². The second kappa shape index (κ2) is 5.65. The van der Waals surface area contributed by atoms with Crippen molar-refractivity contribution in [2.45, 2.75) is 42.2 Å². The van der Waals surface area contributed by atoms with Crippen LogP contribution >= 0.6 is 0 Å². The van der Waals surface area contributed by atoms with E-state index in [4.69, 9.17) is 10.5 Å². The number of benzene rings is 1. The highest BCUT2D eigenvalue weighted by Gasteiger charge is 2.40. The summed E-state index contributed by atoms with van der Waals surface area (Å²) < 4.78 is 28.8. The molecule has 2 atom stereocenters. The van der Waals surface area contributed by atoms with E-state index >= 15 is 0 Å². The second-order valence-electron chi connectivity index (χ2n) is 5.54. The molecular weight excluding hydrogens is 294 g/mol. The van der Waals surface area contributed by atoms with Crippen molar-refractivity contribution in [3.05, 3.63) is 24.3 Å². The Hall–Kier alpha value is -1.60. The molecule has 116 valence electrons. The van der Waals surface area contributed by atoms with E-state index in [9.17, 15) is 18.3 Å². The van der Waals surface area contributed by atoms with Crippen molar-refractivity contribution < 1.29 is 23.1 Å². The number of carbonyl (C=O) groups is 1. The number of nitrogens with two attached hydrogens (primary N) is 1. The van der Waals surface area contributed by atoms with E-state index in [1.165, 1.54) is 12.1 Å². The summed E-state index contributed by atoms with van der Waals surface area (Å²) in [5.41, 5.74) is 4.60. The van der Waals surface area contributed by atoms with Crippen LogP contribution in [0.1, 0.15) is 25.7 Å². The third kappa shape index (κ3) is 3.74. The van der Waals surface area contributed by atoms with Gasteiger partial charge in [0.2, 0.25) is 0 Å². The fourth-order valence-corrected chi connectivity index (χ4v) is 3.18. The van der Waals surface area contributed by atoms with Gasteiger partial charge in [-0.3, -0.25) is 4.79 Å². The topological polar surface area (TPSA) is 107 Å². The van der Waals surface area contributed by atoms with Gasteiger partial charge in [0.05, 0.1) is 4.90 Å². The van der Waals surface area contributed by atoms with Crippen LogP contribution in [0.25, 0.3) is 0 Å². The maximum absolute atomic E-state index is 11.5. The Kier molecular flexibility index (Phi) is 4.25. The molecule has 1 fully saturated rings. The fourth-order valence-electron chi connectivity index (χ4n) is 2.52. The standard InChI is InChI=1S/C14H19NO5S/c1-21(18,19)12-6-2-4-10(8-12)20-11-5-3-7-14(15,9-11)13(16)17/h2,4,6,8,11H,3,5,7,9,15H2,1H3,(H,16,17). The molecule has 1 saturated carbocycles. The van der Waals surface area contributed by atoms with Gasteiger partial charge in [-0.1, -0.05) is 6.07 Å². The predicted molar refractivity (Wildman–Crippen MR) is 77.0 cm³/mol. The Balaban J connectivity index is 2.13. The van der Waals surface area contributed by atoms with Crippen LogP contribution in [0.3, 0.4) is 0 Å². The van der Waals surface area contributed by atoms with Crippen LogP contribution < -0.4 is 10.5 Å². The molecule has 3 N–H and O–H groups in total. The van der Waals surface area contributed by atoms with E-state index in [0.717, 1.165) is 6.26 Å². The highest BCUT2D eigenvalue weighted by Crippen LogP contribution is 2.30. The van der Waals surface area contributed by atoms with E-state index in [0.29, 0.717) is 25.0 Å². The van der Waals surface area contributed by atoms with Gasteiger partial charge in [0.15, 0.2) is 9.84 Å². The third-order valence-corrected chi connectivity index (χ3v) is 4.81. The van der Waals surface area contributed by atoms with Gasteiger partial charge < -0.3 is 15.6 Å². The third-order valence-electron chi connectivity index (χ3n) is 3.70. The average molecular weight is 313 g/mol. The molecule has 0 aromatic heterocycles. The molecular formula is C14H19NO5S. The van der Waals surface area contributed by atoms with Gasteiger partial charge in [-0.15, -0.1) is 0 Å². The summed E-state index contributed by atoms with van der Waals surface area (Å²) >= 11 is 0. The summed E-state index contributed by atoms with van der Waals surface area (Å²) in [7, 11) is -3.30. The molecule has 1 aliphatic rings. The van der Waals surface area contributed by atoms with Crippen LogP contribution in [0.15, 0.2) is 29.2 Å². The molecule has 2 rings (SSSR count). The van der Waals surface area contributed by atoms with Crippen molar-refractivity contribution in [2.24, 2.45) is 5.73 Å². The van der Waals surface area contributed by atoms with Crippen molar-refractivity contribution in [3.63, 3.8) is 0 Å². The molecule has 0 radical (unpaired) electrons. The van der Waals surface area contributed by atoms with E-state index in [-0.39, 0.29) is 17.4 Å². The highest BCUT2D eigenvalue weighted by molar-refractivity contribution is 7.90. The zero-order chi connectivity index (χ0) is 15.7. The number of aliphatic carboxylic acids is 1. The Morgan fingerprint density at radius 2 is 2.19 bits per heavy atom. The van der Waals surface area contributed by atoms with Crippen LogP contribution in [-0.2, 0) is 14.6 Å². The van der Waals surface area contributed by atoms with Gasteiger partial charge >= 0.3 is 5.97 Å². The van der Waals surface area contributed by atoms with Crippen LogP contribution in [0, 0.1) is 0 Å². The maximum Gasteiger partial charge on any atom is 0.323 e. The molecule has 0 heterocycles. The Labute approximate surface area is 123 Å². The number of hydrogen-bond donors (Lipinski definition) is 2. The van der Waals surface area contributed by atoms with Gasteiger partial charge in [0.25, 0.3) is 0 Å². The zero-order valence-electron chi connectivity index (χ0n) is 11.8. The van der Waals surface area contributed by atoms with E-state index in [1.807, 2.05) is 0 Å². The number of sulfone groups is 1. The number of hydrogen-bond acceptors (Lipinski definition) is 5. The molecule has 0 spiro atoms. The molecule has 1 aromatic rings. The first kappa shape index (κ1) is 15.8.